The van der Waals surface area contributed by atoms with Gasteiger partial charge in [0.25, 0.3) is 5.56 Å². The van der Waals surface area contributed by atoms with Gasteiger partial charge in [-0.1, -0.05) is 23.9 Å². The smallest absolute Gasteiger partial charge is 0.272 e. The monoisotopic (exact) mass is 485 g/mol. The molecule has 33 heavy (non-hydrogen) atoms. The lowest BCUT2D eigenvalue weighted by Crippen LogP contribution is -2.28. The average molecular weight is 486 g/mol. The third kappa shape index (κ3) is 4.48. The van der Waals surface area contributed by atoms with Gasteiger partial charge < -0.3 is 14.8 Å². The lowest BCUT2D eigenvalue weighted by atomic mass is 10.2. The fourth-order valence-electron chi connectivity index (χ4n) is 3.91. The maximum Gasteiger partial charge on any atom is 0.272 e. The van der Waals surface area contributed by atoms with Crippen LogP contribution in [0.4, 0.5) is 0 Å². The number of fused-ring (bicyclic) bond motifs is 3. The molecule has 9 nitrogen and oxygen atoms in total. The van der Waals surface area contributed by atoms with E-state index in [1.165, 1.54) is 23.1 Å². The van der Waals surface area contributed by atoms with E-state index in [-0.39, 0.29) is 23.3 Å². The van der Waals surface area contributed by atoms with Crippen LogP contribution in [0.1, 0.15) is 18.4 Å². The van der Waals surface area contributed by atoms with E-state index < -0.39 is 0 Å². The molecule has 0 bridgehead atoms. The van der Waals surface area contributed by atoms with Gasteiger partial charge in [-0.05, 0) is 42.0 Å². The van der Waals surface area contributed by atoms with Crippen LogP contribution in [0.15, 0.2) is 45.7 Å². The van der Waals surface area contributed by atoms with Crippen molar-refractivity contribution in [2.45, 2.75) is 37.2 Å². The summed E-state index contributed by atoms with van der Waals surface area (Å²) in [6.07, 6.45) is 1.92. The van der Waals surface area contributed by atoms with Crippen LogP contribution in [-0.4, -0.2) is 50.6 Å². The summed E-state index contributed by atoms with van der Waals surface area (Å²) >= 11 is 2.69. The number of thioether (sulfide) groups is 1. The van der Waals surface area contributed by atoms with Gasteiger partial charge in [-0.25, -0.2) is 0 Å². The molecule has 4 heterocycles. The van der Waals surface area contributed by atoms with Crippen LogP contribution in [0.5, 0.6) is 5.75 Å². The molecule has 1 aromatic carbocycles. The molecule has 11 heteroatoms. The van der Waals surface area contributed by atoms with Gasteiger partial charge in [-0.2, -0.15) is 0 Å². The molecule has 0 saturated carbocycles. The van der Waals surface area contributed by atoms with E-state index in [1.807, 2.05) is 40.1 Å². The van der Waals surface area contributed by atoms with Crippen molar-refractivity contribution < 1.29 is 14.3 Å². The Labute approximate surface area is 197 Å². The van der Waals surface area contributed by atoms with Crippen molar-refractivity contribution in [3.05, 3.63) is 51.6 Å². The predicted octanol–water partition coefficient (Wildman–Crippen LogP) is 2.70. The molecule has 1 saturated heterocycles. The van der Waals surface area contributed by atoms with Gasteiger partial charge >= 0.3 is 0 Å². The molecule has 3 aromatic heterocycles. The van der Waals surface area contributed by atoms with E-state index >= 15 is 0 Å². The highest BCUT2D eigenvalue weighted by molar-refractivity contribution is 7.99. The topological polar surface area (TPSA) is 99.8 Å². The first-order valence-electron chi connectivity index (χ1n) is 10.6. The number of amides is 1. The number of hydrogen-bond donors (Lipinski definition) is 1. The van der Waals surface area contributed by atoms with E-state index in [9.17, 15) is 9.59 Å². The van der Waals surface area contributed by atoms with Crippen LogP contribution >= 0.6 is 23.1 Å². The quantitative estimate of drug-likeness (QED) is 0.383. The summed E-state index contributed by atoms with van der Waals surface area (Å²) in [4.78, 5) is 25.6. The first-order chi connectivity index (χ1) is 16.1. The fourth-order valence-corrected chi connectivity index (χ4v) is 5.51. The van der Waals surface area contributed by atoms with Gasteiger partial charge in [-0.15, -0.1) is 21.5 Å². The van der Waals surface area contributed by atoms with Crippen LogP contribution < -0.4 is 15.6 Å². The number of ether oxygens (including phenoxy) is 2. The molecule has 1 fully saturated rings. The van der Waals surface area contributed by atoms with Gasteiger partial charge in [-0.3, -0.25) is 18.6 Å². The third-order valence-corrected chi connectivity index (χ3v) is 7.37. The Morgan fingerprint density at radius 2 is 2.27 bits per heavy atom. The van der Waals surface area contributed by atoms with Gasteiger partial charge in [0.2, 0.25) is 11.7 Å². The van der Waals surface area contributed by atoms with Crippen molar-refractivity contribution >= 4 is 45.0 Å². The number of carbonyl (C=O) groups is 1. The zero-order valence-corrected chi connectivity index (χ0v) is 19.7. The molecule has 1 aliphatic rings. The molecule has 0 radical (unpaired) electrons. The second kappa shape index (κ2) is 9.54. The number of hydrogen-bond acceptors (Lipinski definition) is 8. The van der Waals surface area contributed by atoms with Gasteiger partial charge in [0.15, 0.2) is 5.16 Å². The summed E-state index contributed by atoms with van der Waals surface area (Å²) in [6.45, 7) is 1.57. The Balaban J connectivity index is 1.34. The van der Waals surface area contributed by atoms with Crippen LogP contribution in [0.3, 0.4) is 0 Å². The highest BCUT2D eigenvalue weighted by Crippen LogP contribution is 2.25. The Bertz CT molecular complexity index is 1360. The van der Waals surface area contributed by atoms with Gasteiger partial charge in [0.1, 0.15) is 10.4 Å². The minimum Gasteiger partial charge on any atom is -0.497 e. The molecule has 1 amide bonds. The Morgan fingerprint density at radius 3 is 3.09 bits per heavy atom. The zero-order chi connectivity index (χ0) is 22.8. The zero-order valence-electron chi connectivity index (χ0n) is 18.0. The van der Waals surface area contributed by atoms with Gasteiger partial charge in [0, 0.05) is 13.2 Å². The Hall–Kier alpha value is -2.89. The second-order valence-electron chi connectivity index (χ2n) is 7.72. The second-order valence-corrected chi connectivity index (χ2v) is 9.58. The summed E-state index contributed by atoms with van der Waals surface area (Å²) in [5.74, 6) is 1.29. The first kappa shape index (κ1) is 21.9. The van der Waals surface area contributed by atoms with Crippen LogP contribution in [0.2, 0.25) is 0 Å². The summed E-state index contributed by atoms with van der Waals surface area (Å²) in [5, 5.41) is 14.0. The number of methoxy groups -OCH3 is 1. The molecule has 0 spiro atoms. The summed E-state index contributed by atoms with van der Waals surface area (Å²) in [5.41, 5.74) is 1.63. The van der Waals surface area contributed by atoms with Crippen LogP contribution in [0.25, 0.3) is 16.0 Å². The van der Waals surface area contributed by atoms with Crippen LogP contribution in [-0.2, 0) is 22.6 Å². The molecule has 4 aromatic rings. The summed E-state index contributed by atoms with van der Waals surface area (Å²) in [6, 6.07) is 9.46. The van der Waals surface area contributed by atoms with E-state index in [0.717, 1.165) is 36.3 Å². The Morgan fingerprint density at radius 1 is 1.36 bits per heavy atom. The van der Waals surface area contributed by atoms with E-state index in [1.54, 1.807) is 11.7 Å². The van der Waals surface area contributed by atoms with Crippen molar-refractivity contribution in [1.82, 2.24) is 24.5 Å². The summed E-state index contributed by atoms with van der Waals surface area (Å²) < 4.78 is 15.1. The molecule has 0 aliphatic carbocycles. The lowest BCUT2D eigenvalue weighted by molar-refractivity contribution is -0.118. The fraction of sp³-hybridized carbons (Fsp3) is 0.364. The maximum absolute atomic E-state index is 13.1. The molecule has 1 N–H and O–H groups in total. The van der Waals surface area contributed by atoms with Crippen molar-refractivity contribution in [1.29, 1.82) is 0 Å². The predicted molar refractivity (Wildman–Crippen MR) is 127 cm³/mol. The normalized spacial score (nSPS) is 16.0. The molecular weight excluding hydrogens is 462 g/mol. The molecule has 172 valence electrons. The van der Waals surface area contributed by atoms with E-state index in [4.69, 9.17) is 9.47 Å². The number of rotatable bonds is 8. The number of benzene rings is 1. The number of nitrogens with one attached hydrogen (secondary N) is 1. The van der Waals surface area contributed by atoms with Crippen molar-refractivity contribution in [2.75, 3.05) is 19.5 Å². The van der Waals surface area contributed by atoms with Crippen molar-refractivity contribution in [3.63, 3.8) is 0 Å². The Kier molecular flexibility index (Phi) is 6.34. The molecular formula is C22H23N5O4S2. The maximum atomic E-state index is 13.1. The van der Waals surface area contributed by atoms with Crippen LogP contribution in [0, 0.1) is 0 Å². The highest BCUT2D eigenvalue weighted by Gasteiger charge is 2.22. The van der Waals surface area contributed by atoms with E-state index in [2.05, 4.69) is 15.5 Å². The lowest BCUT2D eigenvalue weighted by Gasteiger charge is -2.13. The minimum atomic E-state index is -0.117. The minimum absolute atomic E-state index is 0.000830. The number of carbonyl (C=O) groups excluding carboxylic acids is 1. The molecule has 0 unspecified atom stereocenters. The molecule has 1 aliphatic heterocycles. The third-order valence-electron chi connectivity index (χ3n) is 5.55. The number of aromatic nitrogens is 4. The first-order valence-corrected chi connectivity index (χ1v) is 12.5. The molecule has 1 atom stereocenters. The average Bonchev–Trinajstić information content (AvgIpc) is 3.59. The number of nitrogens with zero attached hydrogens (tertiary/aromatic N) is 4. The number of thiophene rings is 1. The highest BCUT2D eigenvalue weighted by atomic mass is 32.2. The largest absolute Gasteiger partial charge is 0.497 e. The summed E-state index contributed by atoms with van der Waals surface area (Å²) in [7, 11) is 1.61. The van der Waals surface area contributed by atoms with E-state index in [0.29, 0.717) is 28.7 Å². The van der Waals surface area contributed by atoms with Crippen molar-refractivity contribution in [2.24, 2.45) is 0 Å². The SMILES string of the molecule is COc1cccc(CNC(=O)CSc2nnc3n(C[C@@H]4CCCO4)c(=O)c4sccc4n23)c1. The van der Waals surface area contributed by atoms with Crippen molar-refractivity contribution in [3.8, 4) is 5.75 Å². The standard InChI is InChI=1S/C22H23N5O4S2/c1-30-15-5-2-4-14(10-15)11-23-18(28)13-33-22-25-24-21-26(12-16-6-3-8-31-16)20(29)19-17(27(21)22)7-9-32-19/h2,4-5,7,9-10,16H,3,6,8,11-13H2,1H3,(H,23,28)/t16-/m0/s1. The molecule has 5 rings (SSSR count). The van der Waals surface area contributed by atoms with Gasteiger partial charge in [0.05, 0.1) is 31.0 Å².